The summed E-state index contributed by atoms with van der Waals surface area (Å²) >= 11 is 6.15. The van der Waals surface area contributed by atoms with Gasteiger partial charge in [-0.25, -0.2) is 0 Å². The number of rotatable bonds is 3. The minimum atomic E-state index is 0.320. The zero-order valence-corrected chi connectivity index (χ0v) is 11.1. The van der Waals surface area contributed by atoms with Gasteiger partial charge in [0.25, 0.3) is 0 Å². The molecule has 17 heavy (non-hydrogen) atoms. The molecule has 0 saturated carbocycles. The summed E-state index contributed by atoms with van der Waals surface area (Å²) in [6.45, 7) is 4.49. The summed E-state index contributed by atoms with van der Waals surface area (Å²) in [5.41, 5.74) is 2.36. The molecule has 1 saturated heterocycles. The van der Waals surface area contributed by atoms with Crippen molar-refractivity contribution in [2.75, 3.05) is 24.6 Å². The first-order chi connectivity index (χ1) is 8.20. The number of aryl methyl sites for hydroxylation is 1. The minimum Gasteiger partial charge on any atom is -0.396 e. The summed E-state index contributed by atoms with van der Waals surface area (Å²) in [5.74, 6) is 0.692. The van der Waals surface area contributed by atoms with E-state index in [9.17, 15) is 0 Å². The van der Waals surface area contributed by atoms with Crippen LogP contribution in [-0.2, 0) is 0 Å². The molecule has 1 aliphatic heterocycles. The molecule has 1 aromatic rings. The molecule has 1 heterocycles. The minimum absolute atomic E-state index is 0.320. The molecule has 0 atom stereocenters. The number of hydrogen-bond acceptors (Lipinski definition) is 2. The van der Waals surface area contributed by atoms with E-state index in [0.29, 0.717) is 12.5 Å². The highest BCUT2D eigenvalue weighted by Crippen LogP contribution is 2.28. The molecular weight excluding hydrogens is 234 g/mol. The van der Waals surface area contributed by atoms with E-state index in [4.69, 9.17) is 16.7 Å². The Labute approximate surface area is 108 Å². The number of aliphatic hydroxyl groups excluding tert-OH is 1. The van der Waals surface area contributed by atoms with Gasteiger partial charge in [0.05, 0.1) is 0 Å². The van der Waals surface area contributed by atoms with E-state index in [2.05, 4.69) is 23.1 Å². The summed E-state index contributed by atoms with van der Waals surface area (Å²) in [6.07, 6.45) is 3.29. The first kappa shape index (κ1) is 12.7. The molecule has 0 amide bonds. The summed E-state index contributed by atoms with van der Waals surface area (Å²) in [5, 5.41) is 9.78. The van der Waals surface area contributed by atoms with Gasteiger partial charge >= 0.3 is 0 Å². The van der Waals surface area contributed by atoms with Gasteiger partial charge in [-0.1, -0.05) is 17.7 Å². The molecule has 1 N–H and O–H groups in total. The standard InChI is InChI=1S/C14H20ClNO/c1-11-2-3-13(10-14(11)15)16-7-4-12(5-8-16)6-9-17/h2-3,10,12,17H,4-9H2,1H3. The van der Waals surface area contributed by atoms with Crippen molar-refractivity contribution in [1.29, 1.82) is 0 Å². The van der Waals surface area contributed by atoms with Crippen molar-refractivity contribution in [3.63, 3.8) is 0 Å². The second-order valence-electron chi connectivity index (χ2n) is 4.88. The average Bonchev–Trinajstić information content (AvgIpc) is 2.34. The van der Waals surface area contributed by atoms with Gasteiger partial charge in [0, 0.05) is 30.4 Å². The summed E-state index contributed by atoms with van der Waals surface area (Å²) in [4.78, 5) is 2.39. The quantitative estimate of drug-likeness (QED) is 0.894. The van der Waals surface area contributed by atoms with Crippen molar-refractivity contribution in [3.8, 4) is 0 Å². The molecule has 0 aromatic heterocycles. The zero-order chi connectivity index (χ0) is 12.3. The lowest BCUT2D eigenvalue weighted by atomic mass is 9.93. The van der Waals surface area contributed by atoms with Gasteiger partial charge < -0.3 is 10.0 Å². The lowest BCUT2D eigenvalue weighted by Gasteiger charge is -2.33. The van der Waals surface area contributed by atoms with Gasteiger partial charge in [-0.3, -0.25) is 0 Å². The number of piperidine rings is 1. The normalized spacial score (nSPS) is 17.5. The van der Waals surface area contributed by atoms with Gasteiger partial charge in [-0.2, -0.15) is 0 Å². The smallest absolute Gasteiger partial charge is 0.0455 e. The Morgan fingerprint density at radius 3 is 2.65 bits per heavy atom. The largest absolute Gasteiger partial charge is 0.396 e. The van der Waals surface area contributed by atoms with Crippen molar-refractivity contribution < 1.29 is 5.11 Å². The van der Waals surface area contributed by atoms with Crippen molar-refractivity contribution in [2.24, 2.45) is 5.92 Å². The second kappa shape index (κ2) is 5.74. The second-order valence-corrected chi connectivity index (χ2v) is 5.28. The van der Waals surface area contributed by atoms with Crippen molar-refractivity contribution in [2.45, 2.75) is 26.2 Å². The van der Waals surface area contributed by atoms with E-state index in [0.717, 1.165) is 30.1 Å². The van der Waals surface area contributed by atoms with Crippen molar-refractivity contribution >= 4 is 17.3 Å². The SMILES string of the molecule is Cc1ccc(N2CCC(CCO)CC2)cc1Cl. The lowest BCUT2D eigenvalue weighted by molar-refractivity contribution is 0.240. The third kappa shape index (κ3) is 3.14. The Morgan fingerprint density at radius 1 is 1.35 bits per heavy atom. The molecule has 0 spiro atoms. The lowest BCUT2D eigenvalue weighted by Crippen LogP contribution is -2.33. The summed E-state index contributed by atoms with van der Waals surface area (Å²) in [7, 11) is 0. The van der Waals surface area contributed by atoms with Gasteiger partial charge in [0.1, 0.15) is 0 Å². The van der Waals surface area contributed by atoms with E-state index in [1.165, 1.54) is 18.5 Å². The fraction of sp³-hybridized carbons (Fsp3) is 0.571. The molecule has 2 rings (SSSR count). The molecule has 0 aliphatic carbocycles. The van der Waals surface area contributed by atoms with Crippen LogP contribution in [-0.4, -0.2) is 24.8 Å². The zero-order valence-electron chi connectivity index (χ0n) is 10.3. The average molecular weight is 254 g/mol. The number of hydrogen-bond donors (Lipinski definition) is 1. The number of halogens is 1. The predicted octanol–water partition coefficient (Wildman–Crippen LogP) is 3.25. The maximum absolute atomic E-state index is 8.94. The molecule has 0 unspecified atom stereocenters. The maximum Gasteiger partial charge on any atom is 0.0455 e. The molecule has 1 aromatic carbocycles. The molecule has 1 fully saturated rings. The summed E-state index contributed by atoms with van der Waals surface area (Å²) < 4.78 is 0. The number of anilines is 1. The molecule has 94 valence electrons. The highest BCUT2D eigenvalue weighted by atomic mass is 35.5. The third-order valence-electron chi connectivity index (χ3n) is 3.67. The van der Waals surface area contributed by atoms with Crippen LogP contribution in [0, 0.1) is 12.8 Å². The van der Waals surface area contributed by atoms with E-state index in [1.54, 1.807) is 0 Å². The van der Waals surface area contributed by atoms with Crippen molar-refractivity contribution in [1.82, 2.24) is 0 Å². The van der Waals surface area contributed by atoms with Crippen LogP contribution in [0.3, 0.4) is 0 Å². The van der Waals surface area contributed by atoms with Gasteiger partial charge in [-0.15, -0.1) is 0 Å². The first-order valence-electron chi connectivity index (χ1n) is 6.32. The molecular formula is C14H20ClNO. The molecule has 1 aliphatic rings. The van der Waals surface area contributed by atoms with Crippen LogP contribution in [0.5, 0.6) is 0 Å². The highest BCUT2D eigenvalue weighted by Gasteiger charge is 2.19. The molecule has 0 bridgehead atoms. The van der Waals surface area contributed by atoms with Crippen LogP contribution in [0.1, 0.15) is 24.8 Å². The maximum atomic E-state index is 8.94. The molecule has 0 radical (unpaired) electrons. The van der Waals surface area contributed by atoms with E-state index in [1.807, 2.05) is 6.92 Å². The Hall–Kier alpha value is -0.730. The van der Waals surface area contributed by atoms with E-state index < -0.39 is 0 Å². The molecule has 3 heteroatoms. The predicted molar refractivity (Wildman–Crippen MR) is 72.8 cm³/mol. The Bertz CT molecular complexity index is 372. The van der Waals surface area contributed by atoms with Crippen LogP contribution in [0.4, 0.5) is 5.69 Å². The number of benzene rings is 1. The fourth-order valence-corrected chi connectivity index (χ4v) is 2.62. The van der Waals surface area contributed by atoms with Gasteiger partial charge in [0.15, 0.2) is 0 Å². The van der Waals surface area contributed by atoms with Crippen LogP contribution in [0.25, 0.3) is 0 Å². The fourth-order valence-electron chi connectivity index (χ4n) is 2.44. The van der Waals surface area contributed by atoms with E-state index in [-0.39, 0.29) is 0 Å². The van der Waals surface area contributed by atoms with Crippen molar-refractivity contribution in [3.05, 3.63) is 28.8 Å². The van der Waals surface area contributed by atoms with Crippen LogP contribution < -0.4 is 4.90 Å². The Morgan fingerprint density at radius 2 is 2.06 bits per heavy atom. The highest BCUT2D eigenvalue weighted by molar-refractivity contribution is 6.31. The van der Waals surface area contributed by atoms with Crippen LogP contribution >= 0.6 is 11.6 Å². The van der Waals surface area contributed by atoms with Crippen LogP contribution in [0.15, 0.2) is 18.2 Å². The number of aliphatic hydroxyl groups is 1. The Balaban J connectivity index is 1.98. The van der Waals surface area contributed by atoms with Crippen LogP contribution in [0.2, 0.25) is 5.02 Å². The third-order valence-corrected chi connectivity index (χ3v) is 4.08. The molecule has 2 nitrogen and oxygen atoms in total. The van der Waals surface area contributed by atoms with Gasteiger partial charge in [0.2, 0.25) is 0 Å². The number of nitrogens with zero attached hydrogens (tertiary/aromatic N) is 1. The van der Waals surface area contributed by atoms with Gasteiger partial charge in [-0.05, 0) is 49.8 Å². The Kier molecular flexibility index (Phi) is 4.30. The topological polar surface area (TPSA) is 23.5 Å². The first-order valence-corrected chi connectivity index (χ1v) is 6.70. The summed E-state index contributed by atoms with van der Waals surface area (Å²) in [6, 6.07) is 6.29. The van der Waals surface area contributed by atoms with E-state index >= 15 is 0 Å². The monoisotopic (exact) mass is 253 g/mol.